The van der Waals surface area contributed by atoms with E-state index >= 15 is 0 Å². The summed E-state index contributed by atoms with van der Waals surface area (Å²) in [5.41, 5.74) is 8.28. The lowest BCUT2D eigenvalue weighted by Gasteiger charge is -2.31. The summed E-state index contributed by atoms with van der Waals surface area (Å²) in [6, 6.07) is 8.21. The summed E-state index contributed by atoms with van der Waals surface area (Å²) in [6.07, 6.45) is 0. The molecule has 0 aliphatic heterocycles. The highest BCUT2D eigenvalue weighted by atomic mass is 32.1. The lowest BCUT2D eigenvalue weighted by molar-refractivity contribution is 0.104. The Labute approximate surface area is 126 Å². The minimum atomic E-state index is -0.0871. The van der Waals surface area contributed by atoms with Gasteiger partial charge in [0.25, 0.3) is 0 Å². The van der Waals surface area contributed by atoms with E-state index in [4.69, 9.17) is 27.4 Å². The van der Waals surface area contributed by atoms with Crippen LogP contribution < -0.4 is 5.73 Å². The second-order valence-corrected chi connectivity index (χ2v) is 5.21. The lowest BCUT2D eigenvalue weighted by Crippen LogP contribution is -2.40. The Morgan fingerprint density at radius 3 is 2.05 bits per heavy atom. The van der Waals surface area contributed by atoms with Crippen LogP contribution in [0.3, 0.4) is 0 Å². The molecule has 0 spiro atoms. The number of nitrogens with two attached hydrogens (primary N) is 1. The van der Waals surface area contributed by atoms with Crippen molar-refractivity contribution in [1.29, 1.82) is 0 Å². The maximum atomic E-state index is 5.96. The number of thiocarbonyl (C=S) groups is 1. The molecule has 0 aliphatic carbocycles. The third-order valence-electron chi connectivity index (χ3n) is 3.19. The first kappa shape index (κ1) is 17.0. The van der Waals surface area contributed by atoms with Gasteiger partial charge >= 0.3 is 0 Å². The normalized spacial score (nSPS) is 12.6. The number of nitrogens with zero attached hydrogens (tertiary/aromatic N) is 1. The van der Waals surface area contributed by atoms with Crippen molar-refractivity contribution in [2.75, 3.05) is 40.5 Å². The van der Waals surface area contributed by atoms with Crippen molar-refractivity contribution in [2.45, 2.75) is 13.0 Å². The van der Waals surface area contributed by atoms with Gasteiger partial charge in [0, 0.05) is 27.3 Å². The van der Waals surface area contributed by atoms with Crippen molar-refractivity contribution in [3.63, 3.8) is 0 Å². The first-order valence-corrected chi connectivity index (χ1v) is 7.08. The van der Waals surface area contributed by atoms with Crippen LogP contribution in [-0.4, -0.2) is 50.4 Å². The molecule has 0 saturated carbocycles. The van der Waals surface area contributed by atoms with Gasteiger partial charge in [-0.2, -0.15) is 0 Å². The zero-order chi connectivity index (χ0) is 15.0. The number of aryl methyl sites for hydroxylation is 1. The molecule has 0 amide bonds. The van der Waals surface area contributed by atoms with Crippen molar-refractivity contribution in [1.82, 2.24) is 4.90 Å². The topological polar surface area (TPSA) is 47.7 Å². The van der Waals surface area contributed by atoms with Gasteiger partial charge in [-0.3, -0.25) is 4.90 Å². The summed E-state index contributed by atoms with van der Waals surface area (Å²) >= 11 is 5.26. The monoisotopic (exact) mass is 296 g/mol. The summed E-state index contributed by atoms with van der Waals surface area (Å²) in [6.45, 7) is 4.85. The van der Waals surface area contributed by atoms with Crippen LogP contribution in [0.1, 0.15) is 17.2 Å². The van der Waals surface area contributed by atoms with E-state index in [-0.39, 0.29) is 6.04 Å². The van der Waals surface area contributed by atoms with Gasteiger partial charge in [-0.25, -0.2) is 0 Å². The average molecular weight is 296 g/mol. The first-order valence-electron chi connectivity index (χ1n) is 6.68. The molecule has 0 saturated heterocycles. The highest BCUT2D eigenvalue weighted by Gasteiger charge is 2.22. The predicted octanol–water partition coefficient (Wildman–Crippen LogP) is 1.92. The van der Waals surface area contributed by atoms with Gasteiger partial charge in [0.05, 0.1) is 24.2 Å². The van der Waals surface area contributed by atoms with Gasteiger partial charge < -0.3 is 15.2 Å². The van der Waals surface area contributed by atoms with Crippen molar-refractivity contribution in [3.8, 4) is 0 Å². The van der Waals surface area contributed by atoms with Crippen LogP contribution in [0.5, 0.6) is 0 Å². The number of rotatable bonds is 9. The summed E-state index contributed by atoms with van der Waals surface area (Å²) in [5, 5.41) is 0. The SMILES string of the molecule is COCCN(CCOC)C(C(N)=S)c1ccc(C)cc1. The number of benzene rings is 1. The highest BCUT2D eigenvalue weighted by molar-refractivity contribution is 7.80. The Morgan fingerprint density at radius 2 is 1.65 bits per heavy atom. The maximum absolute atomic E-state index is 5.96. The summed E-state index contributed by atoms with van der Waals surface area (Å²) in [5.74, 6) is 0. The van der Waals surface area contributed by atoms with Crippen LogP contribution in [0.2, 0.25) is 0 Å². The van der Waals surface area contributed by atoms with Crippen LogP contribution in [0.25, 0.3) is 0 Å². The van der Waals surface area contributed by atoms with Gasteiger partial charge in [-0.1, -0.05) is 42.0 Å². The van der Waals surface area contributed by atoms with Gasteiger partial charge in [0.15, 0.2) is 0 Å². The molecule has 1 unspecified atom stereocenters. The van der Waals surface area contributed by atoms with Crippen LogP contribution in [0.15, 0.2) is 24.3 Å². The summed E-state index contributed by atoms with van der Waals surface area (Å²) in [7, 11) is 3.38. The van der Waals surface area contributed by atoms with E-state index in [0.717, 1.165) is 18.7 Å². The second-order valence-electron chi connectivity index (χ2n) is 4.74. The number of ether oxygens (including phenoxy) is 2. The highest BCUT2D eigenvalue weighted by Crippen LogP contribution is 2.21. The zero-order valence-electron chi connectivity index (χ0n) is 12.5. The molecular formula is C15H24N2O2S. The van der Waals surface area contributed by atoms with E-state index in [9.17, 15) is 0 Å². The molecule has 1 aromatic rings. The van der Waals surface area contributed by atoms with E-state index in [1.165, 1.54) is 5.56 Å². The van der Waals surface area contributed by atoms with Gasteiger partial charge in [-0.05, 0) is 12.5 Å². The first-order chi connectivity index (χ1) is 9.60. The molecule has 0 heterocycles. The quantitative estimate of drug-likeness (QED) is 0.706. The Hall–Kier alpha value is -1.01. The molecule has 0 aliphatic rings. The largest absolute Gasteiger partial charge is 0.392 e. The fourth-order valence-corrected chi connectivity index (χ4v) is 2.38. The fraction of sp³-hybridized carbons (Fsp3) is 0.533. The molecule has 20 heavy (non-hydrogen) atoms. The molecule has 2 N–H and O–H groups in total. The molecule has 0 aromatic heterocycles. The smallest absolute Gasteiger partial charge is 0.0948 e. The van der Waals surface area contributed by atoms with Crippen LogP contribution in [-0.2, 0) is 9.47 Å². The molecule has 1 rings (SSSR count). The fourth-order valence-electron chi connectivity index (χ4n) is 2.09. The zero-order valence-corrected chi connectivity index (χ0v) is 13.3. The Kier molecular flexibility index (Phi) is 7.69. The lowest BCUT2D eigenvalue weighted by atomic mass is 10.0. The average Bonchev–Trinajstić information content (AvgIpc) is 2.43. The van der Waals surface area contributed by atoms with E-state index in [2.05, 4.69) is 36.1 Å². The third kappa shape index (κ3) is 5.17. The van der Waals surface area contributed by atoms with Crippen LogP contribution >= 0.6 is 12.2 Å². The third-order valence-corrected chi connectivity index (χ3v) is 3.42. The summed E-state index contributed by atoms with van der Waals surface area (Å²) < 4.78 is 10.3. The Bertz CT molecular complexity index is 401. The number of hydrogen-bond donors (Lipinski definition) is 1. The molecular weight excluding hydrogens is 272 g/mol. The minimum absolute atomic E-state index is 0.0871. The Balaban J connectivity index is 2.93. The standard InChI is InChI=1S/C15H24N2O2S/c1-12-4-6-13(7-5-12)14(15(16)20)17(8-10-18-2)9-11-19-3/h4-7,14H,8-11H2,1-3H3,(H2,16,20). The summed E-state index contributed by atoms with van der Waals surface area (Å²) in [4.78, 5) is 2.67. The van der Waals surface area contributed by atoms with Crippen LogP contribution in [0.4, 0.5) is 0 Å². The van der Waals surface area contributed by atoms with Gasteiger partial charge in [0.2, 0.25) is 0 Å². The van der Waals surface area contributed by atoms with Crippen molar-refractivity contribution in [2.24, 2.45) is 5.73 Å². The van der Waals surface area contributed by atoms with Crippen molar-refractivity contribution < 1.29 is 9.47 Å². The predicted molar refractivity (Wildman–Crippen MR) is 86.0 cm³/mol. The molecule has 0 bridgehead atoms. The molecule has 0 fully saturated rings. The molecule has 112 valence electrons. The van der Waals surface area contributed by atoms with Crippen molar-refractivity contribution >= 4 is 17.2 Å². The molecule has 1 aromatic carbocycles. The van der Waals surface area contributed by atoms with E-state index in [0.29, 0.717) is 18.2 Å². The molecule has 5 heteroatoms. The molecule has 1 atom stereocenters. The molecule has 4 nitrogen and oxygen atoms in total. The Morgan fingerprint density at radius 1 is 1.15 bits per heavy atom. The maximum Gasteiger partial charge on any atom is 0.0948 e. The van der Waals surface area contributed by atoms with E-state index in [1.807, 2.05) is 0 Å². The van der Waals surface area contributed by atoms with Gasteiger partial charge in [0.1, 0.15) is 0 Å². The van der Waals surface area contributed by atoms with Gasteiger partial charge in [-0.15, -0.1) is 0 Å². The molecule has 0 radical (unpaired) electrons. The van der Waals surface area contributed by atoms with E-state index < -0.39 is 0 Å². The van der Waals surface area contributed by atoms with E-state index in [1.54, 1.807) is 14.2 Å². The number of hydrogen-bond acceptors (Lipinski definition) is 4. The minimum Gasteiger partial charge on any atom is -0.392 e. The van der Waals surface area contributed by atoms with Crippen molar-refractivity contribution in [3.05, 3.63) is 35.4 Å². The second kappa shape index (κ2) is 9.02. The number of methoxy groups -OCH3 is 2. The van der Waals surface area contributed by atoms with Crippen LogP contribution in [0, 0.1) is 6.92 Å².